The van der Waals surface area contributed by atoms with Crippen molar-refractivity contribution >= 4 is 17.5 Å². The molecule has 0 bridgehead atoms. The van der Waals surface area contributed by atoms with Crippen molar-refractivity contribution < 1.29 is 9.53 Å². The standard InChI is InChI=1S/C18H25ClN2O2/c1-4-23-15-10-18(20,17(15,2)3)16(22)21-14-9-8-11-12(14)6-5-7-13(11)19/h5-7,14-15H,4,8-10,20H2,1-3H3,(H,21,22). The van der Waals surface area contributed by atoms with Crippen LogP contribution in [0.15, 0.2) is 18.2 Å². The second-order valence-corrected chi connectivity index (χ2v) is 7.62. The highest BCUT2D eigenvalue weighted by molar-refractivity contribution is 6.31. The van der Waals surface area contributed by atoms with Gasteiger partial charge in [-0.3, -0.25) is 4.79 Å². The van der Waals surface area contributed by atoms with Gasteiger partial charge < -0.3 is 15.8 Å². The van der Waals surface area contributed by atoms with Crippen LogP contribution in [0.4, 0.5) is 0 Å². The zero-order valence-electron chi connectivity index (χ0n) is 14.0. The zero-order valence-corrected chi connectivity index (χ0v) is 14.7. The Balaban J connectivity index is 1.74. The molecule has 0 aliphatic heterocycles. The summed E-state index contributed by atoms with van der Waals surface area (Å²) in [4.78, 5) is 12.8. The van der Waals surface area contributed by atoms with Gasteiger partial charge in [-0.25, -0.2) is 0 Å². The van der Waals surface area contributed by atoms with Gasteiger partial charge in [-0.2, -0.15) is 0 Å². The monoisotopic (exact) mass is 336 g/mol. The van der Waals surface area contributed by atoms with E-state index < -0.39 is 5.54 Å². The summed E-state index contributed by atoms with van der Waals surface area (Å²) in [6.45, 7) is 6.62. The quantitative estimate of drug-likeness (QED) is 0.888. The molecule has 1 saturated carbocycles. The number of nitrogens with one attached hydrogen (secondary N) is 1. The smallest absolute Gasteiger partial charge is 0.241 e. The lowest BCUT2D eigenvalue weighted by Crippen LogP contribution is -2.75. The Morgan fingerprint density at radius 3 is 2.87 bits per heavy atom. The molecule has 3 N–H and O–H groups in total. The predicted molar refractivity (Wildman–Crippen MR) is 91.4 cm³/mol. The van der Waals surface area contributed by atoms with Crippen molar-refractivity contribution in [3.63, 3.8) is 0 Å². The molecule has 1 aromatic rings. The Labute approximate surface area is 142 Å². The molecule has 0 heterocycles. The molecule has 0 radical (unpaired) electrons. The molecule has 0 spiro atoms. The molecule has 1 fully saturated rings. The van der Waals surface area contributed by atoms with Crippen LogP contribution in [0.2, 0.25) is 5.02 Å². The van der Waals surface area contributed by atoms with Gasteiger partial charge in [0.25, 0.3) is 0 Å². The number of hydrogen-bond acceptors (Lipinski definition) is 3. The minimum absolute atomic E-state index is 0.00133. The largest absolute Gasteiger partial charge is 0.378 e. The molecule has 2 aliphatic carbocycles. The second-order valence-electron chi connectivity index (χ2n) is 7.21. The minimum Gasteiger partial charge on any atom is -0.378 e. The van der Waals surface area contributed by atoms with Crippen molar-refractivity contribution in [3.05, 3.63) is 34.3 Å². The van der Waals surface area contributed by atoms with E-state index in [0.29, 0.717) is 13.0 Å². The summed E-state index contributed by atoms with van der Waals surface area (Å²) in [5.74, 6) is -0.0868. The summed E-state index contributed by atoms with van der Waals surface area (Å²) >= 11 is 6.25. The molecule has 2 aliphatic rings. The number of carbonyl (C=O) groups is 1. The maximum Gasteiger partial charge on any atom is 0.241 e. The van der Waals surface area contributed by atoms with Gasteiger partial charge in [-0.15, -0.1) is 0 Å². The molecule has 3 unspecified atom stereocenters. The van der Waals surface area contributed by atoms with E-state index in [1.165, 1.54) is 0 Å². The first-order valence-corrected chi connectivity index (χ1v) is 8.67. The summed E-state index contributed by atoms with van der Waals surface area (Å²) < 4.78 is 5.70. The van der Waals surface area contributed by atoms with Crippen LogP contribution >= 0.6 is 11.6 Å². The van der Waals surface area contributed by atoms with Crippen molar-refractivity contribution in [2.75, 3.05) is 6.61 Å². The van der Waals surface area contributed by atoms with Crippen LogP contribution in [-0.2, 0) is 16.0 Å². The first kappa shape index (κ1) is 16.7. The molecular weight excluding hydrogens is 312 g/mol. The number of rotatable bonds is 4. The highest BCUT2D eigenvalue weighted by Gasteiger charge is 2.63. The van der Waals surface area contributed by atoms with Gasteiger partial charge in [-0.1, -0.05) is 37.6 Å². The summed E-state index contributed by atoms with van der Waals surface area (Å²) in [6, 6.07) is 5.87. The summed E-state index contributed by atoms with van der Waals surface area (Å²) in [5.41, 5.74) is 7.46. The third kappa shape index (κ3) is 2.48. The molecule has 3 atom stereocenters. The summed E-state index contributed by atoms with van der Waals surface area (Å²) in [5, 5.41) is 3.92. The lowest BCUT2D eigenvalue weighted by atomic mass is 9.54. The Morgan fingerprint density at radius 1 is 1.48 bits per heavy atom. The molecular formula is C18H25ClN2O2. The van der Waals surface area contributed by atoms with Crippen LogP contribution in [0, 0.1) is 5.41 Å². The van der Waals surface area contributed by atoms with Crippen LogP contribution < -0.4 is 11.1 Å². The van der Waals surface area contributed by atoms with Gasteiger partial charge in [0.15, 0.2) is 0 Å². The molecule has 23 heavy (non-hydrogen) atoms. The fraction of sp³-hybridized carbons (Fsp3) is 0.611. The molecule has 126 valence electrons. The number of fused-ring (bicyclic) bond motifs is 1. The van der Waals surface area contributed by atoms with Crippen molar-refractivity contribution in [1.82, 2.24) is 5.32 Å². The molecule has 4 nitrogen and oxygen atoms in total. The number of hydrogen-bond donors (Lipinski definition) is 2. The molecule has 0 saturated heterocycles. The van der Waals surface area contributed by atoms with Crippen molar-refractivity contribution in [2.45, 2.75) is 57.7 Å². The lowest BCUT2D eigenvalue weighted by Gasteiger charge is -2.57. The van der Waals surface area contributed by atoms with E-state index in [0.717, 1.165) is 29.0 Å². The van der Waals surface area contributed by atoms with E-state index >= 15 is 0 Å². The summed E-state index contributed by atoms with van der Waals surface area (Å²) in [7, 11) is 0. The van der Waals surface area contributed by atoms with Crippen LogP contribution in [0.1, 0.15) is 50.8 Å². The molecule has 3 rings (SSSR count). The van der Waals surface area contributed by atoms with E-state index in [9.17, 15) is 4.79 Å². The van der Waals surface area contributed by atoms with Gasteiger partial charge in [0.1, 0.15) is 5.54 Å². The van der Waals surface area contributed by atoms with Gasteiger partial charge >= 0.3 is 0 Å². The number of nitrogens with two attached hydrogens (primary N) is 1. The average molecular weight is 337 g/mol. The van der Waals surface area contributed by atoms with E-state index in [-0.39, 0.29) is 23.5 Å². The molecule has 1 aromatic carbocycles. The van der Waals surface area contributed by atoms with Gasteiger partial charge in [0.2, 0.25) is 5.91 Å². The number of benzene rings is 1. The fourth-order valence-electron chi connectivity index (χ4n) is 3.87. The molecule has 0 aromatic heterocycles. The van der Waals surface area contributed by atoms with E-state index in [1.54, 1.807) is 0 Å². The van der Waals surface area contributed by atoms with E-state index in [1.807, 2.05) is 39.0 Å². The topological polar surface area (TPSA) is 64.3 Å². The number of amides is 1. The van der Waals surface area contributed by atoms with Crippen LogP contribution in [0.5, 0.6) is 0 Å². The van der Waals surface area contributed by atoms with Gasteiger partial charge in [0.05, 0.1) is 12.1 Å². The van der Waals surface area contributed by atoms with Crippen molar-refractivity contribution in [2.24, 2.45) is 11.1 Å². The maximum absolute atomic E-state index is 12.8. The SMILES string of the molecule is CCOC1CC(N)(C(=O)NC2CCc3c(Cl)cccc32)C1(C)C. The van der Waals surface area contributed by atoms with Crippen LogP contribution in [-0.4, -0.2) is 24.2 Å². The third-order valence-corrected chi connectivity index (χ3v) is 6.11. The molecule has 5 heteroatoms. The maximum atomic E-state index is 12.8. The highest BCUT2D eigenvalue weighted by Crippen LogP contribution is 2.50. The normalized spacial score (nSPS) is 31.3. The number of halogens is 1. The van der Waals surface area contributed by atoms with Crippen LogP contribution in [0.25, 0.3) is 0 Å². The van der Waals surface area contributed by atoms with Gasteiger partial charge in [-0.05, 0) is 37.0 Å². The Kier molecular flexibility index (Phi) is 4.20. The highest BCUT2D eigenvalue weighted by atomic mass is 35.5. The van der Waals surface area contributed by atoms with Crippen LogP contribution in [0.3, 0.4) is 0 Å². The lowest BCUT2D eigenvalue weighted by molar-refractivity contribution is -0.171. The third-order valence-electron chi connectivity index (χ3n) is 5.75. The van der Waals surface area contributed by atoms with Gasteiger partial charge in [0, 0.05) is 23.5 Å². The first-order chi connectivity index (χ1) is 10.8. The number of ether oxygens (including phenoxy) is 1. The second kappa shape index (κ2) is 5.76. The fourth-order valence-corrected chi connectivity index (χ4v) is 4.14. The predicted octanol–water partition coefficient (Wildman–Crippen LogP) is 2.98. The van der Waals surface area contributed by atoms with E-state index in [4.69, 9.17) is 22.1 Å². The first-order valence-electron chi connectivity index (χ1n) is 8.30. The van der Waals surface area contributed by atoms with E-state index in [2.05, 4.69) is 5.32 Å². The van der Waals surface area contributed by atoms with Crippen molar-refractivity contribution in [3.8, 4) is 0 Å². The minimum atomic E-state index is -0.881. The summed E-state index contributed by atoms with van der Waals surface area (Å²) in [6.07, 6.45) is 2.36. The van der Waals surface area contributed by atoms with Crippen molar-refractivity contribution in [1.29, 1.82) is 0 Å². The number of carbonyl (C=O) groups excluding carboxylic acids is 1. The molecule has 1 amide bonds. The average Bonchev–Trinajstić information content (AvgIpc) is 2.91. The Bertz CT molecular complexity index is 631. The Hall–Kier alpha value is -1.10. The zero-order chi connectivity index (χ0) is 16.8. The Morgan fingerprint density at radius 2 is 2.22 bits per heavy atom.